The summed E-state index contributed by atoms with van der Waals surface area (Å²) in [5.74, 6) is 1.46. The summed E-state index contributed by atoms with van der Waals surface area (Å²) < 4.78 is 71.5. The summed E-state index contributed by atoms with van der Waals surface area (Å²) in [5, 5.41) is 12.4. The first kappa shape index (κ1) is 48.3. The zero-order valence-electron chi connectivity index (χ0n) is 37.0. The first-order valence-electron chi connectivity index (χ1n) is 19.7. The van der Waals surface area contributed by atoms with Gasteiger partial charge in [-0.15, -0.1) is 0 Å². The number of nitrogens with zero attached hydrogens (tertiary/aromatic N) is 8. The van der Waals surface area contributed by atoms with E-state index in [4.69, 9.17) is 0 Å². The second-order valence-corrected chi connectivity index (χ2v) is 16.7. The van der Waals surface area contributed by atoms with Gasteiger partial charge in [0.2, 0.25) is 35.7 Å². The topological polar surface area (TPSA) is 241 Å². The number of rotatable bonds is 18. The average Bonchev–Trinajstić information content (AvgIpc) is 3.22. The van der Waals surface area contributed by atoms with Crippen molar-refractivity contribution in [2.45, 2.75) is 51.3 Å². The molecule has 0 fully saturated rings. The maximum atomic E-state index is 12.7. The van der Waals surface area contributed by atoms with E-state index in [0.717, 1.165) is 22.5 Å². The van der Waals surface area contributed by atoms with Crippen molar-refractivity contribution in [3.8, 4) is 0 Å². The largest absolute Gasteiger partial charge is 1.00 e. The maximum Gasteiger partial charge on any atom is 1.00 e. The third kappa shape index (κ3) is 12.9. The van der Waals surface area contributed by atoms with Crippen LogP contribution in [0.3, 0.4) is 0 Å². The number of benzene rings is 4. The molecule has 63 heavy (non-hydrogen) atoms. The second-order valence-electron chi connectivity index (χ2n) is 13.9. The van der Waals surface area contributed by atoms with Crippen LogP contribution in [0.25, 0.3) is 12.2 Å². The van der Waals surface area contributed by atoms with Crippen molar-refractivity contribution >= 4 is 90.8 Å². The summed E-state index contributed by atoms with van der Waals surface area (Å²) in [5.41, 5.74) is 4.15. The summed E-state index contributed by atoms with van der Waals surface area (Å²) in [6.07, 6.45) is 2.61. The first-order valence-corrected chi connectivity index (χ1v) is 22.6. The Morgan fingerprint density at radius 2 is 0.778 bits per heavy atom. The quantitative estimate of drug-likeness (QED) is 0.0373. The van der Waals surface area contributed by atoms with Gasteiger partial charge in [0.15, 0.2) is 0 Å². The van der Waals surface area contributed by atoms with E-state index in [1.54, 1.807) is 12.1 Å². The van der Waals surface area contributed by atoms with E-state index in [2.05, 4.69) is 51.2 Å². The molecule has 4 aromatic carbocycles. The fraction of sp³-hybridized carbons (Fsp3) is 0.238. The Morgan fingerprint density at radius 1 is 0.492 bits per heavy atom. The molecule has 6 rings (SSSR count). The van der Waals surface area contributed by atoms with Crippen LogP contribution in [-0.2, 0) is 20.2 Å². The Balaban J connectivity index is 0.00000449. The van der Waals surface area contributed by atoms with E-state index in [0.29, 0.717) is 38.1 Å². The molecule has 0 atom stereocenters. The average molecular weight is 905 g/mol. The van der Waals surface area contributed by atoms with Gasteiger partial charge >= 0.3 is 29.6 Å². The SMILES string of the molecule is CCN(CC)c1nc(Nc2ccc(C)cc2)nc(Nc2ccc(C=Cc3ccc(Nc4nc(Nc5ccc(C)cc5)nc(N(CC)CC)n4)cc3S(=O)(=O)O)c(S(=O)(=O)O)c2)n1.[H-].[Na+]. The normalized spacial score (nSPS) is 11.5. The van der Waals surface area contributed by atoms with Crippen molar-refractivity contribution in [1.82, 2.24) is 29.9 Å². The van der Waals surface area contributed by atoms with E-state index in [-0.39, 0.29) is 77.3 Å². The van der Waals surface area contributed by atoms with Gasteiger partial charge in [-0.25, -0.2) is 0 Å². The predicted molar refractivity (Wildman–Crippen MR) is 245 cm³/mol. The van der Waals surface area contributed by atoms with Crippen molar-refractivity contribution in [3.63, 3.8) is 0 Å². The van der Waals surface area contributed by atoms with Crippen molar-refractivity contribution in [3.05, 3.63) is 107 Å². The van der Waals surface area contributed by atoms with Crippen LogP contribution in [0, 0.1) is 13.8 Å². The van der Waals surface area contributed by atoms with Gasteiger partial charge in [-0.2, -0.15) is 46.7 Å². The van der Waals surface area contributed by atoms with Crippen molar-refractivity contribution in [2.24, 2.45) is 0 Å². The van der Waals surface area contributed by atoms with Crippen molar-refractivity contribution < 1.29 is 56.9 Å². The molecule has 0 amide bonds. The Morgan fingerprint density at radius 3 is 1.06 bits per heavy atom. The van der Waals surface area contributed by atoms with E-state index in [9.17, 15) is 25.9 Å². The molecule has 0 saturated heterocycles. The zero-order chi connectivity index (χ0) is 44.6. The molecule has 6 aromatic rings. The smallest absolute Gasteiger partial charge is 1.00 e. The minimum atomic E-state index is -4.82. The molecular weight excluding hydrogens is 856 g/mol. The number of hydrogen-bond acceptors (Lipinski definition) is 16. The van der Waals surface area contributed by atoms with Gasteiger partial charge < -0.3 is 32.5 Å². The fourth-order valence-corrected chi connectivity index (χ4v) is 7.58. The number of hydrogen-bond donors (Lipinski definition) is 6. The van der Waals surface area contributed by atoms with Crippen molar-refractivity contribution in [2.75, 3.05) is 57.2 Å². The second kappa shape index (κ2) is 21.1. The molecule has 18 nitrogen and oxygen atoms in total. The third-order valence-corrected chi connectivity index (χ3v) is 11.3. The number of aryl methyl sites for hydroxylation is 2. The van der Waals surface area contributed by atoms with E-state index in [1.165, 1.54) is 36.4 Å². The molecular formula is C42H49N12NaO6S2. The molecule has 0 aliphatic rings. The Labute approximate surface area is 391 Å². The maximum absolute atomic E-state index is 12.7. The Kier molecular flexibility index (Phi) is 16.2. The molecule has 326 valence electrons. The molecule has 21 heteroatoms. The summed E-state index contributed by atoms with van der Waals surface area (Å²) >= 11 is 0. The van der Waals surface area contributed by atoms with Crippen LogP contribution in [0.2, 0.25) is 0 Å². The number of anilines is 10. The minimum Gasteiger partial charge on any atom is -1.00 e. The summed E-state index contributed by atoms with van der Waals surface area (Å²) in [7, 11) is -9.65. The van der Waals surface area contributed by atoms with Gasteiger partial charge in [0.05, 0.1) is 0 Å². The van der Waals surface area contributed by atoms with Crippen LogP contribution >= 0.6 is 0 Å². The van der Waals surface area contributed by atoms with Gasteiger partial charge in [0.25, 0.3) is 20.2 Å². The monoisotopic (exact) mass is 904 g/mol. The first-order chi connectivity index (χ1) is 29.5. The van der Waals surface area contributed by atoms with Crippen LogP contribution in [0.1, 0.15) is 51.4 Å². The molecule has 0 spiro atoms. The summed E-state index contributed by atoms with van der Waals surface area (Å²) in [4.78, 5) is 30.1. The molecule has 0 radical (unpaired) electrons. The van der Waals surface area contributed by atoms with Gasteiger partial charge in [0.1, 0.15) is 9.79 Å². The van der Waals surface area contributed by atoms with Crippen LogP contribution in [0.5, 0.6) is 0 Å². The molecule has 2 heterocycles. The van der Waals surface area contributed by atoms with E-state index in [1.807, 2.05) is 99.9 Å². The molecule has 0 aliphatic heterocycles. The molecule has 0 aliphatic carbocycles. The number of aromatic nitrogens is 6. The minimum absolute atomic E-state index is 0. The predicted octanol–water partition coefficient (Wildman–Crippen LogP) is 5.12. The Bertz CT molecular complexity index is 2610. The van der Waals surface area contributed by atoms with Crippen LogP contribution in [0.15, 0.2) is 94.7 Å². The standard InChI is InChI=1S/C42H48N12O6S2.Na.H/c1-7-53(8-2)41-49-37(43-31-19-11-27(5)12-20-31)47-39(51-41)45-33-23-17-29(35(25-33)61(55,56)57)15-16-30-18-24-34(26-36(30)62(58,59)60)46-40-48-38(44-32-21-13-28(6)14-22-32)50-42(52-40)54(9-3)10-4;;/h11-26H,7-10H2,1-6H3,(H,55,56,57)(H,58,59,60)(H2,43,45,47,49,51)(H2,44,46,48,50,52);;/q;+1;-1. The summed E-state index contributed by atoms with van der Waals surface area (Å²) in [6, 6.07) is 23.6. The van der Waals surface area contributed by atoms with Gasteiger partial charge in [0, 0.05) is 48.9 Å². The summed E-state index contributed by atoms with van der Waals surface area (Å²) in [6.45, 7) is 14.2. The van der Waals surface area contributed by atoms with Crippen LogP contribution in [-0.4, -0.2) is 82.0 Å². The molecule has 2 aromatic heterocycles. The molecule has 0 saturated carbocycles. The van der Waals surface area contributed by atoms with Gasteiger partial charge in [-0.1, -0.05) is 59.7 Å². The van der Waals surface area contributed by atoms with Gasteiger partial charge in [-0.05, 0) is 101 Å². The number of nitrogens with one attached hydrogen (secondary N) is 4. The molecule has 0 unspecified atom stereocenters. The molecule has 0 bridgehead atoms. The zero-order valence-corrected chi connectivity index (χ0v) is 39.6. The van der Waals surface area contributed by atoms with Crippen LogP contribution in [0.4, 0.5) is 58.4 Å². The van der Waals surface area contributed by atoms with Crippen molar-refractivity contribution in [1.29, 1.82) is 0 Å². The van der Waals surface area contributed by atoms with Gasteiger partial charge in [-0.3, -0.25) is 9.11 Å². The van der Waals surface area contributed by atoms with Crippen LogP contribution < -0.4 is 60.6 Å². The van der Waals surface area contributed by atoms with E-state index >= 15 is 0 Å². The molecule has 6 N–H and O–H groups in total. The Hall–Kier alpha value is -5.74. The fourth-order valence-electron chi connectivity index (χ4n) is 6.17. The van der Waals surface area contributed by atoms with E-state index < -0.39 is 30.0 Å². The third-order valence-electron chi connectivity index (χ3n) is 9.49.